The summed E-state index contributed by atoms with van der Waals surface area (Å²) in [6, 6.07) is 16.1. The van der Waals surface area contributed by atoms with Crippen molar-refractivity contribution in [2.24, 2.45) is 4.99 Å². The molecule has 2 aromatic carbocycles. The van der Waals surface area contributed by atoms with Gasteiger partial charge in [-0.25, -0.2) is 0 Å². The van der Waals surface area contributed by atoms with Crippen molar-refractivity contribution < 1.29 is 14.2 Å². The monoisotopic (exact) mass is 399 g/mol. The molecule has 6 nitrogen and oxygen atoms in total. The molecule has 6 heteroatoms. The lowest BCUT2D eigenvalue weighted by molar-refractivity contribution is 0.117. The first-order chi connectivity index (χ1) is 14.2. The van der Waals surface area contributed by atoms with Crippen LogP contribution in [0.4, 0.5) is 0 Å². The molecule has 0 atom stereocenters. The molecule has 0 aliphatic rings. The van der Waals surface area contributed by atoms with Crippen LogP contribution in [0.3, 0.4) is 0 Å². The SMILES string of the molecule is CN=C(NCCCCOCc1ccccc1)N(C)Cc1ccc(OC)cc1OC. The van der Waals surface area contributed by atoms with E-state index >= 15 is 0 Å². The van der Waals surface area contributed by atoms with Crippen LogP contribution >= 0.6 is 0 Å². The fourth-order valence-electron chi connectivity index (χ4n) is 2.99. The standard InChI is InChI=1S/C23H33N3O3/c1-24-23(25-14-8-9-15-29-18-19-10-6-5-7-11-19)26(2)17-20-12-13-21(27-3)16-22(20)28-4/h5-7,10-13,16H,8-9,14-15,17-18H2,1-4H3,(H,24,25). The molecule has 0 fully saturated rings. The van der Waals surface area contributed by atoms with Crippen molar-refractivity contribution in [3.63, 3.8) is 0 Å². The van der Waals surface area contributed by atoms with E-state index in [1.807, 2.05) is 43.4 Å². The zero-order valence-electron chi connectivity index (χ0n) is 18.0. The van der Waals surface area contributed by atoms with E-state index in [-0.39, 0.29) is 0 Å². The number of nitrogens with one attached hydrogen (secondary N) is 1. The summed E-state index contributed by atoms with van der Waals surface area (Å²) in [4.78, 5) is 6.46. The van der Waals surface area contributed by atoms with Crippen LogP contribution in [0.25, 0.3) is 0 Å². The Kier molecular flexibility index (Phi) is 9.86. The van der Waals surface area contributed by atoms with Crippen molar-refractivity contribution in [3.05, 3.63) is 59.7 Å². The van der Waals surface area contributed by atoms with Gasteiger partial charge in [-0.2, -0.15) is 0 Å². The summed E-state index contributed by atoms with van der Waals surface area (Å²) in [6.45, 7) is 2.97. The van der Waals surface area contributed by atoms with Gasteiger partial charge in [-0.05, 0) is 30.5 Å². The highest BCUT2D eigenvalue weighted by molar-refractivity contribution is 5.79. The quantitative estimate of drug-likeness (QED) is 0.355. The maximum Gasteiger partial charge on any atom is 0.193 e. The van der Waals surface area contributed by atoms with Gasteiger partial charge in [0.25, 0.3) is 0 Å². The third kappa shape index (κ3) is 7.66. The molecule has 0 radical (unpaired) electrons. The van der Waals surface area contributed by atoms with Crippen molar-refractivity contribution in [3.8, 4) is 11.5 Å². The molecular weight excluding hydrogens is 366 g/mol. The molecule has 0 saturated heterocycles. The van der Waals surface area contributed by atoms with Crippen LogP contribution in [-0.2, 0) is 17.9 Å². The van der Waals surface area contributed by atoms with Gasteiger partial charge in [-0.3, -0.25) is 4.99 Å². The molecule has 0 unspecified atom stereocenters. The number of rotatable bonds is 11. The highest BCUT2D eigenvalue weighted by Gasteiger charge is 2.11. The highest BCUT2D eigenvalue weighted by atomic mass is 16.5. The number of unbranched alkanes of at least 4 members (excludes halogenated alkanes) is 1. The van der Waals surface area contributed by atoms with Crippen molar-refractivity contribution in [2.45, 2.75) is 26.0 Å². The predicted molar refractivity (Wildman–Crippen MR) is 118 cm³/mol. The lowest BCUT2D eigenvalue weighted by Crippen LogP contribution is -2.39. The highest BCUT2D eigenvalue weighted by Crippen LogP contribution is 2.25. The number of methoxy groups -OCH3 is 2. The van der Waals surface area contributed by atoms with Gasteiger partial charge in [-0.1, -0.05) is 30.3 Å². The van der Waals surface area contributed by atoms with Gasteiger partial charge in [0.05, 0.1) is 20.8 Å². The Morgan fingerprint density at radius 2 is 1.83 bits per heavy atom. The van der Waals surface area contributed by atoms with E-state index in [2.05, 4.69) is 27.3 Å². The van der Waals surface area contributed by atoms with Crippen LogP contribution < -0.4 is 14.8 Å². The molecule has 0 aromatic heterocycles. The number of nitrogens with zero attached hydrogens (tertiary/aromatic N) is 2. The normalized spacial score (nSPS) is 11.2. The molecule has 0 heterocycles. The molecule has 0 saturated carbocycles. The number of guanidine groups is 1. The topological polar surface area (TPSA) is 55.3 Å². The van der Waals surface area contributed by atoms with E-state index in [0.717, 1.165) is 49.0 Å². The Balaban J connectivity index is 1.70. The molecule has 0 bridgehead atoms. The second-order valence-corrected chi connectivity index (χ2v) is 6.75. The first-order valence-corrected chi connectivity index (χ1v) is 9.92. The third-order valence-electron chi connectivity index (χ3n) is 4.59. The summed E-state index contributed by atoms with van der Waals surface area (Å²) < 4.78 is 16.5. The Morgan fingerprint density at radius 3 is 2.52 bits per heavy atom. The summed E-state index contributed by atoms with van der Waals surface area (Å²) in [5, 5.41) is 3.41. The molecule has 0 amide bonds. The second-order valence-electron chi connectivity index (χ2n) is 6.75. The molecule has 2 rings (SSSR count). The summed E-state index contributed by atoms with van der Waals surface area (Å²) in [7, 11) is 7.14. The van der Waals surface area contributed by atoms with Crippen LogP contribution in [0.5, 0.6) is 11.5 Å². The molecular formula is C23H33N3O3. The summed E-state index contributed by atoms with van der Waals surface area (Å²) in [5.41, 5.74) is 2.29. The smallest absolute Gasteiger partial charge is 0.193 e. The fourth-order valence-corrected chi connectivity index (χ4v) is 2.99. The molecule has 158 valence electrons. The predicted octanol–water partition coefficient (Wildman–Crippen LogP) is 3.71. The first-order valence-electron chi connectivity index (χ1n) is 9.92. The lowest BCUT2D eigenvalue weighted by Gasteiger charge is -2.23. The zero-order chi connectivity index (χ0) is 20.9. The van der Waals surface area contributed by atoms with E-state index in [9.17, 15) is 0 Å². The van der Waals surface area contributed by atoms with Gasteiger partial charge in [0.15, 0.2) is 5.96 Å². The van der Waals surface area contributed by atoms with Crippen molar-refractivity contribution in [2.75, 3.05) is 41.5 Å². The van der Waals surface area contributed by atoms with Gasteiger partial charge in [-0.15, -0.1) is 0 Å². The Morgan fingerprint density at radius 1 is 1.03 bits per heavy atom. The van der Waals surface area contributed by atoms with Gasteiger partial charge in [0.1, 0.15) is 11.5 Å². The van der Waals surface area contributed by atoms with Crippen LogP contribution in [0.15, 0.2) is 53.5 Å². The van der Waals surface area contributed by atoms with Crippen molar-refractivity contribution >= 4 is 5.96 Å². The Hall–Kier alpha value is -2.73. The van der Waals surface area contributed by atoms with E-state index in [1.54, 1.807) is 21.3 Å². The molecule has 0 aliphatic carbocycles. The number of hydrogen-bond acceptors (Lipinski definition) is 4. The summed E-state index contributed by atoms with van der Waals surface area (Å²) in [5.74, 6) is 2.44. The maximum absolute atomic E-state index is 5.73. The molecule has 29 heavy (non-hydrogen) atoms. The summed E-state index contributed by atoms with van der Waals surface area (Å²) in [6.07, 6.45) is 2.03. The van der Waals surface area contributed by atoms with Crippen LogP contribution in [0.2, 0.25) is 0 Å². The molecule has 0 aliphatic heterocycles. The van der Waals surface area contributed by atoms with E-state index in [4.69, 9.17) is 14.2 Å². The second kappa shape index (κ2) is 12.7. The zero-order valence-corrected chi connectivity index (χ0v) is 18.0. The third-order valence-corrected chi connectivity index (χ3v) is 4.59. The Bertz CT molecular complexity index is 750. The molecule has 2 aromatic rings. The average Bonchev–Trinajstić information content (AvgIpc) is 2.76. The fraction of sp³-hybridized carbons (Fsp3) is 0.435. The minimum Gasteiger partial charge on any atom is -0.497 e. The van der Waals surface area contributed by atoms with Crippen LogP contribution in [-0.4, -0.2) is 52.3 Å². The lowest BCUT2D eigenvalue weighted by atomic mass is 10.2. The summed E-state index contributed by atoms with van der Waals surface area (Å²) >= 11 is 0. The van der Waals surface area contributed by atoms with Gasteiger partial charge < -0.3 is 24.4 Å². The Labute approximate surface area is 174 Å². The number of ether oxygens (including phenoxy) is 3. The van der Waals surface area contributed by atoms with E-state index in [1.165, 1.54) is 5.56 Å². The molecule has 1 N–H and O–H groups in total. The molecule has 0 spiro atoms. The van der Waals surface area contributed by atoms with Gasteiger partial charge in [0.2, 0.25) is 0 Å². The van der Waals surface area contributed by atoms with Gasteiger partial charge in [0, 0.05) is 45.4 Å². The van der Waals surface area contributed by atoms with Crippen molar-refractivity contribution in [1.82, 2.24) is 10.2 Å². The largest absolute Gasteiger partial charge is 0.497 e. The first kappa shape index (κ1) is 22.6. The minimum absolute atomic E-state index is 0.669. The average molecular weight is 400 g/mol. The van der Waals surface area contributed by atoms with E-state index in [0.29, 0.717) is 13.2 Å². The number of benzene rings is 2. The van der Waals surface area contributed by atoms with Crippen LogP contribution in [0.1, 0.15) is 24.0 Å². The number of aliphatic imine (C=N–C) groups is 1. The minimum atomic E-state index is 0.669. The number of hydrogen-bond donors (Lipinski definition) is 1. The van der Waals surface area contributed by atoms with E-state index < -0.39 is 0 Å². The maximum atomic E-state index is 5.73. The van der Waals surface area contributed by atoms with Crippen molar-refractivity contribution in [1.29, 1.82) is 0 Å². The van der Waals surface area contributed by atoms with Gasteiger partial charge >= 0.3 is 0 Å². The van der Waals surface area contributed by atoms with Crippen LogP contribution in [0, 0.1) is 0 Å².